The number of pyridine rings is 1. The van der Waals surface area contributed by atoms with E-state index in [1.807, 2.05) is 23.9 Å². The van der Waals surface area contributed by atoms with Gasteiger partial charge in [-0.2, -0.15) is 5.10 Å². The molecular formula is C25H31N5O2. The highest BCUT2D eigenvalue weighted by Crippen LogP contribution is 2.31. The van der Waals surface area contributed by atoms with E-state index in [0.29, 0.717) is 12.6 Å². The van der Waals surface area contributed by atoms with Crippen molar-refractivity contribution in [3.05, 3.63) is 52.3 Å². The highest BCUT2D eigenvalue weighted by atomic mass is 16.5. The summed E-state index contributed by atoms with van der Waals surface area (Å²) in [5.41, 5.74) is 7.27. The Bertz CT molecular complexity index is 1150. The van der Waals surface area contributed by atoms with Crippen molar-refractivity contribution in [3.63, 3.8) is 0 Å². The molecule has 32 heavy (non-hydrogen) atoms. The fourth-order valence-corrected chi connectivity index (χ4v) is 4.89. The molecule has 1 aliphatic carbocycles. The Morgan fingerprint density at radius 1 is 1.22 bits per heavy atom. The number of carbonyl (C=O) groups excluding carboxylic acids is 1. The molecule has 1 saturated heterocycles. The van der Waals surface area contributed by atoms with Crippen LogP contribution < -0.4 is 10.6 Å². The lowest BCUT2D eigenvalue weighted by Crippen LogP contribution is -2.30. The van der Waals surface area contributed by atoms with Crippen molar-refractivity contribution < 1.29 is 9.53 Å². The summed E-state index contributed by atoms with van der Waals surface area (Å²) in [6.07, 6.45) is 7.18. The van der Waals surface area contributed by atoms with Gasteiger partial charge in [0, 0.05) is 49.2 Å². The maximum absolute atomic E-state index is 13.0. The zero-order chi connectivity index (χ0) is 22.1. The third kappa shape index (κ3) is 3.97. The molecular weight excluding hydrogens is 402 g/mol. The number of nitrogens with zero attached hydrogens (tertiary/aromatic N) is 3. The van der Waals surface area contributed by atoms with Crippen LogP contribution in [0, 0.1) is 6.92 Å². The molecule has 3 aromatic rings. The first-order chi connectivity index (χ1) is 15.6. The Labute approximate surface area is 188 Å². The van der Waals surface area contributed by atoms with Crippen LogP contribution in [0.15, 0.2) is 24.4 Å². The van der Waals surface area contributed by atoms with Crippen molar-refractivity contribution >= 4 is 22.6 Å². The van der Waals surface area contributed by atoms with E-state index in [4.69, 9.17) is 9.72 Å². The lowest BCUT2D eigenvalue weighted by Gasteiger charge is -2.26. The van der Waals surface area contributed by atoms with E-state index in [9.17, 15) is 4.79 Å². The normalized spacial score (nSPS) is 16.3. The largest absolute Gasteiger partial charge is 0.381 e. The molecule has 2 N–H and O–H groups in total. The van der Waals surface area contributed by atoms with Gasteiger partial charge in [0.2, 0.25) is 0 Å². The molecule has 1 aliphatic heterocycles. The lowest BCUT2D eigenvalue weighted by atomic mass is 10.0. The smallest absolute Gasteiger partial charge is 0.251 e. The molecule has 0 bridgehead atoms. The van der Waals surface area contributed by atoms with Gasteiger partial charge in [-0.1, -0.05) is 6.07 Å². The molecule has 0 atom stereocenters. The van der Waals surface area contributed by atoms with Crippen molar-refractivity contribution in [3.8, 4) is 0 Å². The van der Waals surface area contributed by atoms with Gasteiger partial charge < -0.3 is 15.4 Å². The molecule has 1 aromatic carbocycles. The first-order valence-electron chi connectivity index (χ1n) is 11.7. The van der Waals surface area contributed by atoms with Gasteiger partial charge in [0.15, 0.2) is 5.65 Å². The molecule has 2 aromatic heterocycles. The van der Waals surface area contributed by atoms with Crippen molar-refractivity contribution in [2.24, 2.45) is 0 Å². The molecule has 3 heterocycles. The number of aromatic nitrogens is 3. The molecule has 0 unspecified atom stereocenters. The molecule has 1 fully saturated rings. The Balaban J connectivity index is 1.43. The van der Waals surface area contributed by atoms with E-state index in [1.54, 1.807) is 0 Å². The minimum atomic E-state index is -0.0412. The number of anilines is 1. The molecule has 2 aliphatic rings. The fraction of sp³-hybridized carbons (Fsp3) is 0.480. The Hall–Kier alpha value is -2.93. The van der Waals surface area contributed by atoms with Gasteiger partial charge in [-0.25, -0.2) is 9.67 Å². The van der Waals surface area contributed by atoms with Crippen LogP contribution in [0.3, 0.4) is 0 Å². The van der Waals surface area contributed by atoms with Gasteiger partial charge >= 0.3 is 0 Å². The van der Waals surface area contributed by atoms with Crippen LogP contribution in [0.5, 0.6) is 0 Å². The van der Waals surface area contributed by atoms with Crippen LogP contribution in [0.1, 0.15) is 58.9 Å². The Kier molecular flexibility index (Phi) is 5.83. The van der Waals surface area contributed by atoms with Crippen LogP contribution in [-0.4, -0.2) is 39.9 Å². The quantitative estimate of drug-likeness (QED) is 0.619. The van der Waals surface area contributed by atoms with Crippen LogP contribution in [0.25, 0.3) is 11.0 Å². The van der Waals surface area contributed by atoms with Crippen molar-refractivity contribution in [1.82, 2.24) is 20.1 Å². The number of fused-ring (bicyclic) bond motifs is 2. The van der Waals surface area contributed by atoms with E-state index in [-0.39, 0.29) is 5.91 Å². The summed E-state index contributed by atoms with van der Waals surface area (Å²) in [4.78, 5) is 17.8. The monoisotopic (exact) mass is 433 g/mol. The second-order valence-electron chi connectivity index (χ2n) is 8.80. The average molecular weight is 434 g/mol. The van der Waals surface area contributed by atoms with Gasteiger partial charge in [0.1, 0.15) is 0 Å². The number of hydrogen-bond acceptors (Lipinski definition) is 5. The Morgan fingerprint density at radius 3 is 2.84 bits per heavy atom. The maximum Gasteiger partial charge on any atom is 0.251 e. The summed E-state index contributed by atoms with van der Waals surface area (Å²) in [6, 6.07) is 6.44. The maximum atomic E-state index is 13.0. The first-order valence-corrected chi connectivity index (χ1v) is 11.7. The molecule has 7 heteroatoms. The zero-order valence-electron chi connectivity index (χ0n) is 18.9. The number of aryl methyl sites for hydroxylation is 4. The van der Waals surface area contributed by atoms with E-state index >= 15 is 0 Å². The van der Waals surface area contributed by atoms with Gasteiger partial charge in [0.05, 0.1) is 17.3 Å². The Morgan fingerprint density at radius 2 is 2.03 bits per heavy atom. The number of ether oxygens (including phenoxy) is 1. The van der Waals surface area contributed by atoms with Crippen LogP contribution in [0.4, 0.5) is 5.69 Å². The predicted octanol–water partition coefficient (Wildman–Crippen LogP) is 3.77. The van der Waals surface area contributed by atoms with Gasteiger partial charge in [-0.3, -0.25) is 4.79 Å². The van der Waals surface area contributed by atoms with Crippen LogP contribution in [0.2, 0.25) is 0 Å². The van der Waals surface area contributed by atoms with Gasteiger partial charge in [0.25, 0.3) is 5.91 Å². The highest BCUT2D eigenvalue weighted by Gasteiger charge is 2.21. The number of benzene rings is 1. The van der Waals surface area contributed by atoms with Gasteiger partial charge in [-0.05, 0) is 69.2 Å². The molecule has 1 amide bonds. The third-order valence-electron chi connectivity index (χ3n) is 6.75. The van der Waals surface area contributed by atoms with Crippen LogP contribution >= 0.6 is 0 Å². The predicted molar refractivity (Wildman–Crippen MR) is 125 cm³/mol. The second kappa shape index (κ2) is 8.90. The highest BCUT2D eigenvalue weighted by molar-refractivity contribution is 5.95. The minimum absolute atomic E-state index is 0.0412. The third-order valence-corrected chi connectivity index (χ3v) is 6.75. The summed E-state index contributed by atoms with van der Waals surface area (Å²) in [5.74, 6) is -0.0412. The van der Waals surface area contributed by atoms with Crippen LogP contribution in [-0.2, 0) is 30.7 Å². The molecule has 0 saturated carbocycles. The van der Waals surface area contributed by atoms with E-state index < -0.39 is 0 Å². The molecule has 0 spiro atoms. The number of carbonyl (C=O) groups is 1. The fourth-order valence-electron chi connectivity index (χ4n) is 4.89. The van der Waals surface area contributed by atoms with Crippen molar-refractivity contribution in [1.29, 1.82) is 0 Å². The van der Waals surface area contributed by atoms with Crippen molar-refractivity contribution in [2.45, 2.75) is 65.1 Å². The standard InChI is InChI=1S/C25H31N5O2/c1-3-30-24-22(15-27-30)23(29-20-9-11-32-12-10-20)21(16(2)28-24)14-26-25(31)19-8-7-17-5-4-6-18(17)13-19/h7-8,13,15,20H,3-6,9-12,14H2,1-2H3,(H,26,31)(H,28,29). The summed E-state index contributed by atoms with van der Waals surface area (Å²) < 4.78 is 7.46. The lowest BCUT2D eigenvalue weighted by molar-refractivity contribution is 0.0904. The van der Waals surface area contributed by atoms with Gasteiger partial charge in [-0.15, -0.1) is 0 Å². The summed E-state index contributed by atoms with van der Waals surface area (Å²) in [6.45, 7) is 6.81. The zero-order valence-corrected chi connectivity index (χ0v) is 18.9. The summed E-state index contributed by atoms with van der Waals surface area (Å²) in [7, 11) is 0. The SMILES string of the molecule is CCn1ncc2c(NC3CCOCC3)c(CNC(=O)c3ccc4c(c3)CCC4)c(C)nc21. The summed E-state index contributed by atoms with van der Waals surface area (Å²) in [5, 5.41) is 12.4. The number of rotatable bonds is 6. The number of amides is 1. The van der Waals surface area contributed by atoms with E-state index in [1.165, 1.54) is 17.5 Å². The van der Waals surface area contributed by atoms with E-state index in [2.05, 4.69) is 34.8 Å². The van der Waals surface area contributed by atoms with Crippen molar-refractivity contribution in [2.75, 3.05) is 18.5 Å². The topological polar surface area (TPSA) is 81.1 Å². The molecule has 5 rings (SSSR count). The number of hydrogen-bond donors (Lipinski definition) is 2. The summed E-state index contributed by atoms with van der Waals surface area (Å²) >= 11 is 0. The molecule has 0 radical (unpaired) electrons. The minimum Gasteiger partial charge on any atom is -0.381 e. The molecule has 7 nitrogen and oxygen atoms in total. The average Bonchev–Trinajstić information content (AvgIpc) is 3.45. The second-order valence-corrected chi connectivity index (χ2v) is 8.80. The first kappa shape index (κ1) is 20.9. The van der Waals surface area contributed by atoms with E-state index in [0.717, 1.165) is 79.0 Å². The number of nitrogens with one attached hydrogen (secondary N) is 2. The molecule has 168 valence electrons.